The van der Waals surface area contributed by atoms with Gasteiger partial charge in [0.2, 0.25) is 0 Å². The largest absolute Gasteiger partial charge is 0.304 e. The first-order valence-electron chi connectivity index (χ1n) is 7.42. The van der Waals surface area contributed by atoms with E-state index in [1.54, 1.807) is 0 Å². The number of hydrogen-bond donors (Lipinski definition) is 0. The van der Waals surface area contributed by atoms with Gasteiger partial charge >= 0.3 is 0 Å². The van der Waals surface area contributed by atoms with Crippen LogP contribution < -0.4 is 0 Å². The molecule has 0 spiro atoms. The summed E-state index contributed by atoms with van der Waals surface area (Å²) in [5, 5.41) is 0. The molecule has 1 aromatic heterocycles. The molecule has 0 amide bonds. The van der Waals surface area contributed by atoms with E-state index in [9.17, 15) is 0 Å². The molecule has 4 rings (SSSR count). The zero-order valence-corrected chi connectivity index (χ0v) is 13.9. The van der Waals surface area contributed by atoms with Crippen LogP contribution in [0.25, 0.3) is 11.3 Å². The Kier molecular flexibility index (Phi) is 4.05. The number of rotatable bonds is 1. The molecule has 1 nitrogen and oxygen atoms in total. The molecule has 0 fully saturated rings. The van der Waals surface area contributed by atoms with E-state index in [2.05, 4.69) is 35.4 Å². The Morgan fingerprint density at radius 3 is 2.40 bits per heavy atom. The molecule has 2 aliphatic rings. The van der Waals surface area contributed by atoms with Crippen molar-refractivity contribution in [2.75, 3.05) is 0 Å². The van der Waals surface area contributed by atoms with Crippen molar-refractivity contribution in [3.8, 4) is 11.3 Å². The Balaban J connectivity index is 0.00000121. The molecule has 105 valence electrons. The van der Waals surface area contributed by atoms with Gasteiger partial charge in [-0.15, -0.1) is 34.9 Å². The topological polar surface area (TPSA) is 12.9 Å². The van der Waals surface area contributed by atoms with Gasteiger partial charge in [0.1, 0.15) is 0 Å². The molecular formula is C18H18IrN-. The zero-order valence-electron chi connectivity index (χ0n) is 11.5. The number of benzene rings is 1. The first kappa shape index (κ1) is 14.0. The molecule has 0 saturated carbocycles. The average molecular weight is 441 g/mol. The maximum Gasteiger partial charge on any atom is 0.0195 e. The predicted molar refractivity (Wildman–Crippen MR) is 77.2 cm³/mol. The van der Waals surface area contributed by atoms with Crippen molar-refractivity contribution in [1.29, 1.82) is 0 Å². The molecule has 0 saturated heterocycles. The van der Waals surface area contributed by atoms with Gasteiger partial charge in [0, 0.05) is 26.3 Å². The number of nitrogens with zero attached hydrogens (tertiary/aromatic N) is 1. The summed E-state index contributed by atoms with van der Waals surface area (Å²) in [4.78, 5) is 4.64. The van der Waals surface area contributed by atoms with Gasteiger partial charge in [-0.25, -0.2) is 0 Å². The number of aromatic nitrogens is 1. The molecule has 2 aromatic rings. The normalized spacial score (nSPS) is 16.2. The fraction of sp³-hybridized carbons (Fsp3) is 0.389. The van der Waals surface area contributed by atoms with E-state index in [0.29, 0.717) is 0 Å². The van der Waals surface area contributed by atoms with Gasteiger partial charge < -0.3 is 4.98 Å². The van der Waals surface area contributed by atoms with Crippen LogP contribution in [0.5, 0.6) is 0 Å². The summed E-state index contributed by atoms with van der Waals surface area (Å²) >= 11 is 0. The van der Waals surface area contributed by atoms with Gasteiger partial charge in [-0.1, -0.05) is 30.9 Å². The fourth-order valence-electron chi connectivity index (χ4n) is 3.41. The van der Waals surface area contributed by atoms with Crippen LogP contribution in [0, 0.1) is 6.07 Å². The molecule has 20 heavy (non-hydrogen) atoms. The van der Waals surface area contributed by atoms with E-state index in [0.717, 1.165) is 5.69 Å². The Morgan fingerprint density at radius 2 is 1.50 bits per heavy atom. The van der Waals surface area contributed by atoms with E-state index in [-0.39, 0.29) is 20.1 Å². The molecule has 1 aromatic carbocycles. The minimum atomic E-state index is 0. The molecular weight excluding hydrogens is 422 g/mol. The number of hydrogen-bond acceptors (Lipinski definition) is 1. The maximum atomic E-state index is 4.64. The Labute approximate surface area is 134 Å². The van der Waals surface area contributed by atoms with Gasteiger partial charge in [0.25, 0.3) is 0 Å². The third-order valence-corrected chi connectivity index (χ3v) is 4.53. The van der Waals surface area contributed by atoms with E-state index in [1.807, 2.05) is 0 Å². The average Bonchev–Trinajstić information content (AvgIpc) is 2.94. The summed E-state index contributed by atoms with van der Waals surface area (Å²) in [6.45, 7) is 0. The van der Waals surface area contributed by atoms with Crippen molar-refractivity contribution in [1.82, 2.24) is 4.98 Å². The molecule has 2 aliphatic carbocycles. The van der Waals surface area contributed by atoms with Crippen molar-refractivity contribution in [2.24, 2.45) is 0 Å². The van der Waals surface area contributed by atoms with Crippen molar-refractivity contribution in [2.45, 2.75) is 44.9 Å². The third-order valence-electron chi connectivity index (χ3n) is 4.53. The van der Waals surface area contributed by atoms with Crippen LogP contribution in [0.2, 0.25) is 0 Å². The molecule has 0 aliphatic heterocycles. The summed E-state index contributed by atoms with van der Waals surface area (Å²) in [5.41, 5.74) is 8.24. The quantitative estimate of drug-likeness (QED) is 0.613. The predicted octanol–water partition coefficient (Wildman–Crippen LogP) is 3.91. The van der Waals surface area contributed by atoms with Crippen LogP contribution in [-0.4, -0.2) is 4.98 Å². The van der Waals surface area contributed by atoms with Crippen LogP contribution in [0.1, 0.15) is 41.5 Å². The number of pyridine rings is 1. The van der Waals surface area contributed by atoms with Gasteiger partial charge in [0.15, 0.2) is 0 Å². The summed E-state index contributed by atoms with van der Waals surface area (Å²) < 4.78 is 0. The fourth-order valence-corrected chi connectivity index (χ4v) is 3.41. The van der Waals surface area contributed by atoms with Gasteiger partial charge in [-0.05, 0) is 36.9 Å². The van der Waals surface area contributed by atoms with Crippen molar-refractivity contribution in [3.05, 3.63) is 52.7 Å². The second-order valence-electron chi connectivity index (χ2n) is 5.80. The first-order chi connectivity index (χ1) is 9.40. The van der Waals surface area contributed by atoms with Crippen LogP contribution in [0.4, 0.5) is 0 Å². The van der Waals surface area contributed by atoms with Crippen molar-refractivity contribution < 1.29 is 20.1 Å². The Morgan fingerprint density at radius 1 is 0.800 bits per heavy atom. The number of aryl methyl sites for hydroxylation is 4. The van der Waals surface area contributed by atoms with E-state index in [1.165, 1.54) is 72.8 Å². The Bertz CT molecular complexity index is 633. The zero-order chi connectivity index (χ0) is 12.7. The van der Waals surface area contributed by atoms with Crippen LogP contribution in [-0.2, 0) is 45.8 Å². The molecule has 0 unspecified atom stereocenters. The van der Waals surface area contributed by atoms with E-state index in [4.69, 9.17) is 0 Å². The smallest absolute Gasteiger partial charge is 0.0195 e. The summed E-state index contributed by atoms with van der Waals surface area (Å²) in [6, 6.07) is 10.2. The minimum absolute atomic E-state index is 0. The molecule has 1 radical (unpaired) electrons. The second kappa shape index (κ2) is 5.79. The standard InChI is InChI=1S/C18H18N.Ir/c1-2-5-14-10-16(9-8-13(14)4-1)18-11-15-6-3-7-17(15)12-19-18;/h8,10-12H,1-7H2;/q-1;. The molecule has 2 heteroatoms. The monoisotopic (exact) mass is 441 g/mol. The molecule has 0 atom stereocenters. The van der Waals surface area contributed by atoms with Crippen LogP contribution >= 0.6 is 0 Å². The molecule has 0 bridgehead atoms. The van der Waals surface area contributed by atoms with E-state index < -0.39 is 0 Å². The minimum Gasteiger partial charge on any atom is -0.304 e. The maximum absolute atomic E-state index is 4.64. The summed E-state index contributed by atoms with van der Waals surface area (Å²) in [6.07, 6.45) is 10.9. The van der Waals surface area contributed by atoms with Crippen LogP contribution in [0.3, 0.4) is 0 Å². The third kappa shape index (κ3) is 2.47. The molecule has 1 heterocycles. The van der Waals surface area contributed by atoms with Gasteiger partial charge in [-0.2, -0.15) is 0 Å². The second-order valence-corrected chi connectivity index (χ2v) is 5.80. The SMILES string of the molecule is [Ir].[c-]1cc2c(cc1-c1cc3c(cn1)CCC3)CCCC2. The summed E-state index contributed by atoms with van der Waals surface area (Å²) in [7, 11) is 0. The summed E-state index contributed by atoms with van der Waals surface area (Å²) in [5.74, 6) is 0. The Hall–Kier alpha value is -0.981. The molecule has 0 N–H and O–H groups in total. The van der Waals surface area contributed by atoms with Gasteiger partial charge in [-0.3, -0.25) is 0 Å². The van der Waals surface area contributed by atoms with Gasteiger partial charge in [0.05, 0.1) is 0 Å². The van der Waals surface area contributed by atoms with Crippen molar-refractivity contribution >= 4 is 0 Å². The van der Waals surface area contributed by atoms with Crippen LogP contribution in [0.15, 0.2) is 24.4 Å². The number of fused-ring (bicyclic) bond motifs is 2. The van der Waals surface area contributed by atoms with E-state index >= 15 is 0 Å². The first-order valence-corrected chi connectivity index (χ1v) is 7.42. The van der Waals surface area contributed by atoms with Crippen molar-refractivity contribution in [3.63, 3.8) is 0 Å².